The second kappa shape index (κ2) is 8.05. The smallest absolute Gasteiger partial charge is 0.255 e. The van der Waals surface area contributed by atoms with Gasteiger partial charge in [-0.05, 0) is 49.2 Å². The first kappa shape index (κ1) is 17.9. The predicted molar refractivity (Wildman–Crippen MR) is 106 cm³/mol. The molecule has 0 aromatic heterocycles. The van der Waals surface area contributed by atoms with Crippen LogP contribution in [0.25, 0.3) is 0 Å². The Labute approximate surface area is 163 Å². The molecular weight excluding hydrogens is 360 g/mol. The first-order chi connectivity index (χ1) is 13.2. The van der Waals surface area contributed by atoms with Gasteiger partial charge in [-0.15, -0.1) is 11.8 Å². The Hall–Kier alpha value is -2.47. The Balaban J connectivity index is 1.44. The van der Waals surface area contributed by atoms with Crippen LogP contribution in [0, 0.1) is 0 Å². The zero-order valence-electron chi connectivity index (χ0n) is 15.0. The predicted octanol–water partition coefficient (Wildman–Crippen LogP) is 3.62. The fourth-order valence-electron chi connectivity index (χ4n) is 3.45. The standard InChI is InChI=1S/C21H22N2O3S/c24-20(23-15-27-14-19(23)21(25)22-12-4-5-13-22)16-8-10-18(11-9-16)26-17-6-2-1-3-7-17/h1-3,6-11,19H,4-5,12-15H2. The summed E-state index contributed by atoms with van der Waals surface area (Å²) >= 11 is 1.64. The van der Waals surface area contributed by atoms with Crippen LogP contribution in [0.3, 0.4) is 0 Å². The lowest BCUT2D eigenvalue weighted by molar-refractivity contribution is -0.133. The third-order valence-corrected chi connectivity index (χ3v) is 5.94. The molecule has 0 bridgehead atoms. The van der Waals surface area contributed by atoms with Crippen molar-refractivity contribution in [3.05, 3.63) is 60.2 Å². The number of carbonyl (C=O) groups excluding carboxylic acids is 2. The van der Waals surface area contributed by atoms with Gasteiger partial charge in [0.15, 0.2) is 0 Å². The molecule has 0 aliphatic carbocycles. The maximum Gasteiger partial charge on any atom is 0.255 e. The fraction of sp³-hybridized carbons (Fsp3) is 0.333. The van der Waals surface area contributed by atoms with E-state index in [1.807, 2.05) is 35.2 Å². The summed E-state index contributed by atoms with van der Waals surface area (Å²) in [4.78, 5) is 29.3. The lowest BCUT2D eigenvalue weighted by Crippen LogP contribution is -2.48. The minimum atomic E-state index is -0.346. The number of rotatable bonds is 4. The van der Waals surface area contributed by atoms with Crippen molar-refractivity contribution in [1.82, 2.24) is 9.80 Å². The molecular formula is C21H22N2O3S. The number of carbonyl (C=O) groups is 2. The molecule has 2 aliphatic rings. The van der Waals surface area contributed by atoms with Crippen LogP contribution in [-0.4, -0.2) is 52.4 Å². The summed E-state index contributed by atoms with van der Waals surface area (Å²) < 4.78 is 5.78. The molecule has 0 saturated carbocycles. The van der Waals surface area contributed by atoms with Gasteiger partial charge in [-0.25, -0.2) is 0 Å². The summed E-state index contributed by atoms with van der Waals surface area (Å²) in [5.74, 6) is 2.67. The van der Waals surface area contributed by atoms with Crippen molar-refractivity contribution >= 4 is 23.6 Å². The van der Waals surface area contributed by atoms with Crippen LogP contribution in [0.5, 0.6) is 11.5 Å². The van der Waals surface area contributed by atoms with Crippen LogP contribution in [0.4, 0.5) is 0 Å². The third kappa shape index (κ3) is 3.95. The number of likely N-dealkylation sites (tertiary alicyclic amines) is 1. The molecule has 1 unspecified atom stereocenters. The zero-order chi connectivity index (χ0) is 18.6. The highest BCUT2D eigenvalue weighted by Crippen LogP contribution is 2.27. The van der Waals surface area contributed by atoms with Crippen molar-refractivity contribution in [2.75, 3.05) is 24.7 Å². The van der Waals surface area contributed by atoms with Gasteiger partial charge < -0.3 is 14.5 Å². The number of thioether (sulfide) groups is 1. The van der Waals surface area contributed by atoms with Crippen LogP contribution in [0.1, 0.15) is 23.2 Å². The molecule has 2 amide bonds. The summed E-state index contributed by atoms with van der Waals surface area (Å²) in [6.45, 7) is 1.63. The van der Waals surface area contributed by atoms with Gasteiger partial charge in [0.05, 0.1) is 5.88 Å². The average Bonchev–Trinajstić information content (AvgIpc) is 3.40. The number of para-hydroxylation sites is 1. The molecule has 4 rings (SSSR count). The molecule has 2 heterocycles. The fourth-order valence-corrected chi connectivity index (χ4v) is 4.60. The minimum Gasteiger partial charge on any atom is -0.457 e. The van der Waals surface area contributed by atoms with Crippen LogP contribution in [-0.2, 0) is 4.79 Å². The van der Waals surface area contributed by atoms with Crippen molar-refractivity contribution in [2.24, 2.45) is 0 Å². The average molecular weight is 382 g/mol. The van der Waals surface area contributed by atoms with E-state index in [1.54, 1.807) is 40.9 Å². The number of ether oxygens (including phenoxy) is 1. The largest absolute Gasteiger partial charge is 0.457 e. The summed E-state index contributed by atoms with van der Waals surface area (Å²) in [7, 11) is 0. The number of benzene rings is 2. The Bertz CT molecular complexity index is 804. The molecule has 5 nitrogen and oxygen atoms in total. The second-order valence-electron chi connectivity index (χ2n) is 6.76. The maximum atomic E-state index is 12.9. The summed E-state index contributed by atoms with van der Waals surface area (Å²) in [6, 6.07) is 16.3. The van der Waals surface area contributed by atoms with Crippen molar-refractivity contribution in [3.63, 3.8) is 0 Å². The Morgan fingerprint density at radius 1 is 0.926 bits per heavy atom. The van der Waals surface area contributed by atoms with E-state index in [-0.39, 0.29) is 17.9 Å². The van der Waals surface area contributed by atoms with Crippen LogP contribution < -0.4 is 4.74 Å². The first-order valence-corrected chi connectivity index (χ1v) is 10.4. The van der Waals surface area contributed by atoms with E-state index in [1.165, 1.54) is 0 Å². The summed E-state index contributed by atoms with van der Waals surface area (Å²) in [5, 5.41) is 0. The topological polar surface area (TPSA) is 49.9 Å². The monoisotopic (exact) mass is 382 g/mol. The van der Waals surface area contributed by atoms with Crippen LogP contribution in [0.15, 0.2) is 54.6 Å². The molecule has 2 aromatic carbocycles. The molecule has 1 atom stereocenters. The molecule has 140 valence electrons. The van der Waals surface area contributed by atoms with E-state index in [0.29, 0.717) is 22.9 Å². The van der Waals surface area contributed by atoms with Gasteiger partial charge in [0.25, 0.3) is 5.91 Å². The number of hydrogen-bond acceptors (Lipinski definition) is 4. The molecule has 6 heteroatoms. The Morgan fingerprint density at radius 2 is 1.59 bits per heavy atom. The molecule has 2 fully saturated rings. The first-order valence-electron chi connectivity index (χ1n) is 9.23. The summed E-state index contributed by atoms with van der Waals surface area (Å²) in [6.07, 6.45) is 2.12. The van der Waals surface area contributed by atoms with Gasteiger partial charge in [-0.1, -0.05) is 18.2 Å². The summed E-state index contributed by atoms with van der Waals surface area (Å²) in [5.41, 5.74) is 0.581. The van der Waals surface area contributed by atoms with Gasteiger partial charge in [0.1, 0.15) is 17.5 Å². The lowest BCUT2D eigenvalue weighted by atomic mass is 10.1. The van der Waals surface area contributed by atoms with Gasteiger partial charge >= 0.3 is 0 Å². The normalized spacial score (nSPS) is 19.3. The molecule has 0 N–H and O–H groups in total. The number of amides is 2. The van der Waals surface area contributed by atoms with E-state index >= 15 is 0 Å². The number of hydrogen-bond donors (Lipinski definition) is 0. The second-order valence-corrected chi connectivity index (χ2v) is 7.76. The molecule has 0 spiro atoms. The maximum absolute atomic E-state index is 12.9. The van der Waals surface area contributed by atoms with E-state index < -0.39 is 0 Å². The van der Waals surface area contributed by atoms with Crippen LogP contribution >= 0.6 is 11.8 Å². The Morgan fingerprint density at radius 3 is 2.30 bits per heavy atom. The van der Waals surface area contributed by atoms with Crippen molar-refractivity contribution in [1.29, 1.82) is 0 Å². The van der Waals surface area contributed by atoms with E-state index in [9.17, 15) is 9.59 Å². The van der Waals surface area contributed by atoms with Gasteiger partial charge in [0, 0.05) is 24.4 Å². The van der Waals surface area contributed by atoms with E-state index in [4.69, 9.17) is 4.74 Å². The zero-order valence-corrected chi connectivity index (χ0v) is 15.9. The molecule has 2 aromatic rings. The molecule has 2 aliphatic heterocycles. The van der Waals surface area contributed by atoms with Crippen molar-refractivity contribution in [2.45, 2.75) is 18.9 Å². The molecule has 27 heavy (non-hydrogen) atoms. The van der Waals surface area contributed by atoms with E-state index in [2.05, 4.69) is 0 Å². The highest BCUT2D eigenvalue weighted by atomic mass is 32.2. The van der Waals surface area contributed by atoms with Gasteiger partial charge in [-0.2, -0.15) is 0 Å². The van der Waals surface area contributed by atoms with Gasteiger partial charge in [0.2, 0.25) is 5.91 Å². The molecule has 0 radical (unpaired) electrons. The highest BCUT2D eigenvalue weighted by Gasteiger charge is 2.38. The van der Waals surface area contributed by atoms with Crippen LogP contribution in [0.2, 0.25) is 0 Å². The Kier molecular flexibility index (Phi) is 5.34. The lowest BCUT2D eigenvalue weighted by Gasteiger charge is -2.27. The van der Waals surface area contributed by atoms with Gasteiger partial charge in [-0.3, -0.25) is 9.59 Å². The van der Waals surface area contributed by atoms with Crippen molar-refractivity contribution < 1.29 is 14.3 Å². The SMILES string of the molecule is O=C(C1CSCN1C(=O)c1ccc(Oc2ccccc2)cc1)N1CCCC1. The highest BCUT2D eigenvalue weighted by molar-refractivity contribution is 7.99. The quantitative estimate of drug-likeness (QED) is 0.810. The molecule has 2 saturated heterocycles. The van der Waals surface area contributed by atoms with E-state index in [0.717, 1.165) is 31.7 Å². The third-order valence-electron chi connectivity index (χ3n) is 4.93. The number of nitrogens with zero attached hydrogens (tertiary/aromatic N) is 2. The minimum absolute atomic E-state index is 0.0925. The van der Waals surface area contributed by atoms with Crippen molar-refractivity contribution in [3.8, 4) is 11.5 Å².